The number of aromatic nitrogens is 1. The molecule has 1 aromatic heterocycles. The van der Waals surface area contributed by atoms with Crippen molar-refractivity contribution in [3.8, 4) is 11.3 Å². The maximum absolute atomic E-state index is 12.4. The molecule has 0 radical (unpaired) electrons. The van der Waals surface area contributed by atoms with Crippen LogP contribution in [0.3, 0.4) is 0 Å². The van der Waals surface area contributed by atoms with E-state index in [4.69, 9.17) is 20.9 Å². The molecule has 2 amide bonds. The highest BCUT2D eigenvalue weighted by Gasteiger charge is 2.20. The van der Waals surface area contributed by atoms with E-state index >= 15 is 0 Å². The Balaban J connectivity index is 1.54. The molecule has 1 saturated heterocycles. The number of carbonyl (C=O) groups excluding carboxylic acids is 1. The largest absolute Gasteiger partial charge is 0.376 e. The van der Waals surface area contributed by atoms with Gasteiger partial charge in [0.05, 0.1) is 17.7 Å². The zero-order valence-electron chi connectivity index (χ0n) is 14.9. The zero-order valence-corrected chi connectivity index (χ0v) is 15.7. The Hall–Kier alpha value is -2.05. The molecule has 1 atom stereocenters. The summed E-state index contributed by atoms with van der Waals surface area (Å²) >= 11 is 6.18. The van der Waals surface area contributed by atoms with E-state index in [0.29, 0.717) is 29.6 Å². The molecule has 140 valence electrons. The first-order valence-corrected chi connectivity index (χ1v) is 9.40. The predicted molar refractivity (Wildman–Crippen MR) is 100 cm³/mol. The van der Waals surface area contributed by atoms with Gasteiger partial charge in [-0.15, -0.1) is 0 Å². The summed E-state index contributed by atoms with van der Waals surface area (Å²) in [4.78, 5) is 14.2. The number of urea groups is 1. The molecular weight excluding hydrogens is 354 g/mol. The Bertz CT molecular complexity index is 728. The summed E-state index contributed by atoms with van der Waals surface area (Å²) in [6.45, 7) is 4.27. The van der Waals surface area contributed by atoms with Crippen LogP contribution in [0.15, 0.2) is 34.9 Å². The summed E-state index contributed by atoms with van der Waals surface area (Å²) < 4.78 is 11.0. The second kappa shape index (κ2) is 9.05. The van der Waals surface area contributed by atoms with E-state index in [9.17, 15) is 4.79 Å². The lowest BCUT2D eigenvalue weighted by Gasteiger charge is -2.29. The van der Waals surface area contributed by atoms with E-state index in [1.54, 1.807) is 17.0 Å². The summed E-state index contributed by atoms with van der Waals surface area (Å²) in [7, 11) is 0. The van der Waals surface area contributed by atoms with Crippen molar-refractivity contribution in [2.45, 2.75) is 38.8 Å². The number of nitrogens with one attached hydrogen (secondary N) is 1. The average molecular weight is 378 g/mol. The van der Waals surface area contributed by atoms with Crippen LogP contribution >= 0.6 is 11.6 Å². The number of hydrogen-bond donors (Lipinski definition) is 1. The van der Waals surface area contributed by atoms with Crippen LogP contribution < -0.4 is 5.32 Å². The number of halogens is 1. The molecule has 1 unspecified atom stereocenters. The van der Waals surface area contributed by atoms with Crippen molar-refractivity contribution in [1.82, 2.24) is 15.4 Å². The maximum Gasteiger partial charge on any atom is 0.317 e. The first kappa shape index (κ1) is 18.7. The van der Waals surface area contributed by atoms with Crippen LogP contribution in [0.2, 0.25) is 5.02 Å². The van der Waals surface area contributed by atoms with E-state index < -0.39 is 0 Å². The predicted octanol–water partition coefficient (Wildman–Crippen LogP) is 4.10. The number of ether oxygens (including phenoxy) is 1. The average Bonchev–Trinajstić information content (AvgIpc) is 3.14. The van der Waals surface area contributed by atoms with Crippen LogP contribution in [0.4, 0.5) is 4.79 Å². The molecular formula is C19H24ClN3O3. The summed E-state index contributed by atoms with van der Waals surface area (Å²) in [6, 6.07) is 9.11. The fraction of sp³-hybridized carbons (Fsp3) is 0.474. The molecule has 0 saturated carbocycles. The lowest BCUT2D eigenvalue weighted by atomic mass is 10.1. The van der Waals surface area contributed by atoms with E-state index in [1.807, 2.05) is 25.1 Å². The highest BCUT2D eigenvalue weighted by atomic mass is 35.5. The van der Waals surface area contributed by atoms with E-state index in [0.717, 1.165) is 31.4 Å². The standard InChI is InChI=1S/C19H24ClN3O3/c1-2-23(13-14-7-5-6-10-25-14)19(24)21-12-15-11-18(22-26-15)16-8-3-4-9-17(16)20/h3-4,8-9,11,14H,2,5-7,10,12-13H2,1H3,(H,21,24). The number of benzene rings is 1. The summed E-state index contributed by atoms with van der Waals surface area (Å²) in [5, 5.41) is 7.54. The van der Waals surface area contributed by atoms with Gasteiger partial charge in [0.1, 0.15) is 5.69 Å². The Kier molecular flexibility index (Phi) is 6.52. The fourth-order valence-corrected chi connectivity index (χ4v) is 3.25. The molecule has 3 rings (SSSR count). The van der Waals surface area contributed by atoms with Gasteiger partial charge in [0, 0.05) is 31.3 Å². The monoisotopic (exact) mass is 377 g/mol. The third kappa shape index (κ3) is 4.77. The minimum atomic E-state index is -0.127. The highest BCUT2D eigenvalue weighted by molar-refractivity contribution is 6.33. The smallest absolute Gasteiger partial charge is 0.317 e. The van der Waals surface area contributed by atoms with Crippen LogP contribution in [0, 0.1) is 0 Å². The molecule has 1 aliphatic rings. The Labute approximate surface area is 158 Å². The number of hydrogen-bond acceptors (Lipinski definition) is 4. The number of rotatable bonds is 6. The van der Waals surface area contributed by atoms with Gasteiger partial charge >= 0.3 is 6.03 Å². The highest BCUT2D eigenvalue weighted by Crippen LogP contribution is 2.26. The second-order valence-corrected chi connectivity index (χ2v) is 6.75. The number of carbonyl (C=O) groups is 1. The van der Waals surface area contributed by atoms with Crippen LogP contribution in [0.1, 0.15) is 31.9 Å². The van der Waals surface area contributed by atoms with E-state index in [2.05, 4.69) is 10.5 Å². The molecule has 0 spiro atoms. The molecule has 1 aliphatic heterocycles. The molecule has 1 fully saturated rings. The van der Waals surface area contributed by atoms with Gasteiger partial charge < -0.3 is 19.5 Å². The quantitative estimate of drug-likeness (QED) is 0.823. The van der Waals surface area contributed by atoms with Crippen LogP contribution in [0.5, 0.6) is 0 Å². The van der Waals surface area contributed by atoms with Crippen molar-refractivity contribution in [2.75, 3.05) is 19.7 Å². The van der Waals surface area contributed by atoms with Crippen molar-refractivity contribution in [1.29, 1.82) is 0 Å². The molecule has 0 bridgehead atoms. The molecule has 0 aliphatic carbocycles. The van der Waals surface area contributed by atoms with E-state index in [-0.39, 0.29) is 18.7 Å². The number of amides is 2. The van der Waals surface area contributed by atoms with Gasteiger partial charge in [-0.2, -0.15) is 0 Å². The van der Waals surface area contributed by atoms with Crippen molar-refractivity contribution in [3.63, 3.8) is 0 Å². The lowest BCUT2D eigenvalue weighted by molar-refractivity contribution is 0.00129. The first-order valence-electron chi connectivity index (χ1n) is 9.02. The molecule has 6 nitrogen and oxygen atoms in total. The topological polar surface area (TPSA) is 67.6 Å². The maximum atomic E-state index is 12.4. The Morgan fingerprint density at radius 1 is 1.38 bits per heavy atom. The molecule has 1 N–H and O–H groups in total. The van der Waals surface area contributed by atoms with Crippen LogP contribution in [-0.4, -0.2) is 41.9 Å². The molecule has 2 heterocycles. The third-order valence-electron chi connectivity index (χ3n) is 4.49. The van der Waals surface area contributed by atoms with Gasteiger partial charge in [-0.05, 0) is 32.3 Å². The zero-order chi connectivity index (χ0) is 18.4. The fourth-order valence-electron chi connectivity index (χ4n) is 3.02. The minimum absolute atomic E-state index is 0.127. The Morgan fingerprint density at radius 2 is 2.23 bits per heavy atom. The van der Waals surface area contributed by atoms with Gasteiger partial charge in [0.2, 0.25) is 0 Å². The van der Waals surface area contributed by atoms with Crippen LogP contribution in [-0.2, 0) is 11.3 Å². The Morgan fingerprint density at radius 3 is 2.96 bits per heavy atom. The normalized spacial score (nSPS) is 17.1. The van der Waals surface area contributed by atoms with Crippen LogP contribution in [0.25, 0.3) is 11.3 Å². The molecule has 7 heteroatoms. The third-order valence-corrected chi connectivity index (χ3v) is 4.82. The van der Waals surface area contributed by atoms with Gasteiger partial charge in [-0.25, -0.2) is 4.79 Å². The minimum Gasteiger partial charge on any atom is -0.376 e. The van der Waals surface area contributed by atoms with Crippen molar-refractivity contribution < 1.29 is 14.1 Å². The molecule has 26 heavy (non-hydrogen) atoms. The van der Waals surface area contributed by atoms with E-state index in [1.165, 1.54) is 0 Å². The first-order chi connectivity index (χ1) is 12.7. The lowest BCUT2D eigenvalue weighted by Crippen LogP contribution is -2.44. The van der Waals surface area contributed by atoms with Gasteiger partial charge in [-0.1, -0.05) is 35.0 Å². The molecule has 2 aromatic rings. The summed E-state index contributed by atoms with van der Waals surface area (Å²) in [6.07, 6.45) is 3.40. The number of nitrogens with zero attached hydrogens (tertiary/aromatic N) is 2. The number of likely N-dealkylation sites (N-methyl/N-ethyl adjacent to an activating group) is 1. The van der Waals surface area contributed by atoms with Gasteiger partial charge in [0.15, 0.2) is 5.76 Å². The van der Waals surface area contributed by atoms with Crippen molar-refractivity contribution >= 4 is 17.6 Å². The van der Waals surface area contributed by atoms with Crippen molar-refractivity contribution in [3.05, 3.63) is 41.1 Å². The SMILES string of the molecule is CCN(CC1CCCCO1)C(=O)NCc1cc(-c2ccccc2Cl)no1. The molecule has 1 aromatic carbocycles. The van der Waals surface area contributed by atoms with Crippen molar-refractivity contribution in [2.24, 2.45) is 0 Å². The second-order valence-electron chi connectivity index (χ2n) is 6.34. The summed E-state index contributed by atoms with van der Waals surface area (Å²) in [5.74, 6) is 0.582. The summed E-state index contributed by atoms with van der Waals surface area (Å²) in [5.41, 5.74) is 1.46. The van der Waals surface area contributed by atoms with Gasteiger partial charge in [-0.3, -0.25) is 0 Å². The van der Waals surface area contributed by atoms with Gasteiger partial charge in [0.25, 0.3) is 0 Å².